The SMILES string of the molecule is CC(C)n1cc(C(F)F)c(-c2ccc(F)c(Cl)c2)n1. The van der Waals surface area contributed by atoms with E-state index in [0.717, 1.165) is 6.07 Å². The molecule has 0 N–H and O–H groups in total. The lowest BCUT2D eigenvalue weighted by molar-refractivity contribution is 0.152. The summed E-state index contributed by atoms with van der Waals surface area (Å²) >= 11 is 5.67. The smallest absolute Gasteiger partial charge is 0.267 e. The Morgan fingerprint density at radius 3 is 2.47 bits per heavy atom. The van der Waals surface area contributed by atoms with Gasteiger partial charge in [-0.15, -0.1) is 0 Å². The Morgan fingerprint density at radius 1 is 1.26 bits per heavy atom. The third-order valence-electron chi connectivity index (χ3n) is 2.72. The predicted octanol–water partition coefficient (Wildman–Crippen LogP) is 4.86. The van der Waals surface area contributed by atoms with Gasteiger partial charge in [0.15, 0.2) is 0 Å². The van der Waals surface area contributed by atoms with Crippen LogP contribution in [0.15, 0.2) is 24.4 Å². The van der Waals surface area contributed by atoms with E-state index in [0.29, 0.717) is 5.56 Å². The molecule has 0 atom stereocenters. The molecule has 0 spiro atoms. The first-order valence-corrected chi connectivity index (χ1v) is 6.10. The second-order valence-corrected chi connectivity index (χ2v) is 4.84. The number of nitrogens with zero attached hydrogens (tertiary/aromatic N) is 2. The number of halogens is 4. The van der Waals surface area contributed by atoms with Crippen molar-refractivity contribution in [3.63, 3.8) is 0 Å². The summed E-state index contributed by atoms with van der Waals surface area (Å²) in [5.41, 5.74) is 0.322. The third kappa shape index (κ3) is 2.76. The average molecular weight is 289 g/mol. The van der Waals surface area contributed by atoms with Crippen molar-refractivity contribution >= 4 is 11.6 Å². The molecule has 0 radical (unpaired) electrons. The fraction of sp³-hybridized carbons (Fsp3) is 0.308. The molecule has 0 amide bonds. The molecule has 1 aromatic heterocycles. The van der Waals surface area contributed by atoms with Crippen LogP contribution in [0.5, 0.6) is 0 Å². The van der Waals surface area contributed by atoms with Gasteiger partial charge in [0.05, 0.1) is 10.6 Å². The highest BCUT2D eigenvalue weighted by molar-refractivity contribution is 6.31. The van der Waals surface area contributed by atoms with Gasteiger partial charge in [0.25, 0.3) is 6.43 Å². The Kier molecular flexibility index (Phi) is 3.85. The third-order valence-corrected chi connectivity index (χ3v) is 3.01. The second kappa shape index (κ2) is 5.25. The highest BCUT2D eigenvalue weighted by Crippen LogP contribution is 2.32. The molecular weight excluding hydrogens is 277 g/mol. The van der Waals surface area contributed by atoms with Crippen LogP contribution in [0.2, 0.25) is 5.02 Å². The zero-order valence-corrected chi connectivity index (χ0v) is 11.1. The van der Waals surface area contributed by atoms with E-state index >= 15 is 0 Å². The molecule has 2 rings (SSSR count). The second-order valence-electron chi connectivity index (χ2n) is 4.44. The molecule has 2 aromatic rings. The molecule has 0 unspecified atom stereocenters. The minimum Gasteiger partial charge on any atom is -0.269 e. The lowest BCUT2D eigenvalue weighted by Gasteiger charge is -2.04. The average Bonchev–Trinajstić information content (AvgIpc) is 2.78. The van der Waals surface area contributed by atoms with Crippen molar-refractivity contribution in [2.24, 2.45) is 0 Å². The molecule has 0 aliphatic heterocycles. The van der Waals surface area contributed by atoms with E-state index in [1.165, 1.54) is 23.0 Å². The minimum absolute atomic E-state index is 0.0397. The summed E-state index contributed by atoms with van der Waals surface area (Å²) in [6, 6.07) is 3.79. The largest absolute Gasteiger partial charge is 0.269 e. The molecule has 0 aliphatic carbocycles. The van der Waals surface area contributed by atoms with Crippen molar-refractivity contribution in [3.8, 4) is 11.3 Å². The maximum Gasteiger partial charge on any atom is 0.267 e. The minimum atomic E-state index is -2.65. The van der Waals surface area contributed by atoms with Crippen molar-refractivity contribution in [2.75, 3.05) is 0 Å². The first-order chi connectivity index (χ1) is 8.90. The molecule has 19 heavy (non-hydrogen) atoms. The fourth-order valence-electron chi connectivity index (χ4n) is 1.70. The maximum absolute atomic E-state index is 13.1. The number of benzene rings is 1. The molecule has 0 saturated heterocycles. The van der Waals surface area contributed by atoms with Gasteiger partial charge >= 0.3 is 0 Å². The van der Waals surface area contributed by atoms with E-state index in [1.54, 1.807) is 0 Å². The summed E-state index contributed by atoms with van der Waals surface area (Å²) < 4.78 is 40.6. The lowest BCUT2D eigenvalue weighted by Crippen LogP contribution is -2.00. The molecule has 0 bridgehead atoms. The van der Waals surface area contributed by atoms with Crippen molar-refractivity contribution in [1.29, 1.82) is 0 Å². The van der Waals surface area contributed by atoms with Crippen LogP contribution < -0.4 is 0 Å². The van der Waals surface area contributed by atoms with E-state index < -0.39 is 12.2 Å². The van der Waals surface area contributed by atoms with Crippen LogP contribution in [0.3, 0.4) is 0 Å². The van der Waals surface area contributed by atoms with Gasteiger partial charge < -0.3 is 0 Å². The van der Waals surface area contributed by atoms with Gasteiger partial charge in [-0.3, -0.25) is 4.68 Å². The van der Waals surface area contributed by atoms with Crippen LogP contribution >= 0.6 is 11.6 Å². The fourth-order valence-corrected chi connectivity index (χ4v) is 1.88. The summed E-state index contributed by atoms with van der Waals surface area (Å²) in [4.78, 5) is 0. The molecule has 0 aliphatic rings. The van der Waals surface area contributed by atoms with E-state index in [-0.39, 0.29) is 22.3 Å². The lowest BCUT2D eigenvalue weighted by atomic mass is 10.1. The standard InChI is InChI=1S/C13H12ClF3N2/c1-7(2)19-6-9(13(16)17)12(18-19)8-3-4-11(15)10(14)5-8/h3-7,13H,1-2H3. The van der Waals surface area contributed by atoms with Crippen LogP contribution in [-0.4, -0.2) is 9.78 Å². The summed E-state index contributed by atoms with van der Waals surface area (Å²) in [5.74, 6) is -0.590. The van der Waals surface area contributed by atoms with Gasteiger partial charge in [-0.25, -0.2) is 13.2 Å². The van der Waals surface area contributed by atoms with Crippen molar-refractivity contribution in [1.82, 2.24) is 9.78 Å². The summed E-state index contributed by atoms with van der Waals surface area (Å²) in [6.45, 7) is 3.67. The van der Waals surface area contributed by atoms with E-state index in [2.05, 4.69) is 5.10 Å². The van der Waals surface area contributed by atoms with Gasteiger partial charge in [-0.2, -0.15) is 5.10 Å². The van der Waals surface area contributed by atoms with Crippen molar-refractivity contribution in [3.05, 3.63) is 40.8 Å². The Morgan fingerprint density at radius 2 is 1.95 bits per heavy atom. The molecule has 0 saturated carbocycles. The van der Waals surface area contributed by atoms with E-state index in [4.69, 9.17) is 11.6 Å². The molecule has 2 nitrogen and oxygen atoms in total. The molecular formula is C13H12ClF3N2. The Labute approximate surface area is 113 Å². The van der Waals surface area contributed by atoms with Crippen LogP contribution in [0.4, 0.5) is 13.2 Å². The monoisotopic (exact) mass is 288 g/mol. The van der Waals surface area contributed by atoms with Gasteiger partial charge in [0.2, 0.25) is 0 Å². The van der Waals surface area contributed by atoms with Crippen LogP contribution in [0, 0.1) is 5.82 Å². The summed E-state index contributed by atoms with van der Waals surface area (Å²) in [5, 5.41) is 4.01. The zero-order valence-electron chi connectivity index (χ0n) is 10.4. The first kappa shape index (κ1) is 13.9. The highest BCUT2D eigenvalue weighted by Gasteiger charge is 2.20. The molecule has 102 valence electrons. The van der Waals surface area contributed by atoms with Gasteiger partial charge in [0.1, 0.15) is 11.5 Å². The van der Waals surface area contributed by atoms with Crippen molar-refractivity contribution in [2.45, 2.75) is 26.3 Å². The maximum atomic E-state index is 13.1. The van der Waals surface area contributed by atoms with E-state index in [1.807, 2.05) is 13.8 Å². The molecule has 1 heterocycles. The normalized spacial score (nSPS) is 11.6. The number of hydrogen-bond acceptors (Lipinski definition) is 1. The van der Waals surface area contributed by atoms with E-state index in [9.17, 15) is 13.2 Å². The number of aromatic nitrogens is 2. The predicted molar refractivity (Wildman–Crippen MR) is 68.0 cm³/mol. The topological polar surface area (TPSA) is 17.8 Å². The summed E-state index contributed by atoms with van der Waals surface area (Å²) in [6.07, 6.45) is -1.34. The molecule has 1 aromatic carbocycles. The quantitative estimate of drug-likeness (QED) is 0.788. The highest BCUT2D eigenvalue weighted by atomic mass is 35.5. The summed E-state index contributed by atoms with van der Waals surface area (Å²) in [7, 11) is 0. The Bertz CT molecular complexity index is 594. The molecule has 0 fully saturated rings. The number of alkyl halides is 2. The van der Waals surface area contributed by atoms with Gasteiger partial charge in [-0.05, 0) is 32.0 Å². The van der Waals surface area contributed by atoms with Crippen molar-refractivity contribution < 1.29 is 13.2 Å². The molecule has 6 heteroatoms. The van der Waals surface area contributed by atoms with Gasteiger partial charge in [-0.1, -0.05) is 11.6 Å². The number of rotatable bonds is 3. The van der Waals surface area contributed by atoms with Crippen LogP contribution in [0.25, 0.3) is 11.3 Å². The van der Waals surface area contributed by atoms with Crippen LogP contribution in [-0.2, 0) is 0 Å². The van der Waals surface area contributed by atoms with Gasteiger partial charge in [0, 0.05) is 17.8 Å². The van der Waals surface area contributed by atoms with Crippen LogP contribution in [0.1, 0.15) is 31.9 Å². The Hall–Kier alpha value is -1.49. The first-order valence-electron chi connectivity index (χ1n) is 5.72. The number of hydrogen-bond donors (Lipinski definition) is 0. The zero-order chi connectivity index (χ0) is 14.2. The Balaban J connectivity index is 2.56.